The standard InChI is InChI=1S/C21H19N5O3/c27-10-4-9-22-21-23-12-16-15-8-7-13(20(28)29)11-17(15)25-19(18(16)26-21)24-14-5-2-1-3-6-14/h1-3,5-8,11-12,27H,4,9-10H2,(H,24,25)(H,28,29)(H,22,23,26). The lowest BCUT2D eigenvalue weighted by Gasteiger charge is -2.12. The van der Waals surface area contributed by atoms with Gasteiger partial charge in [-0.25, -0.2) is 19.7 Å². The second-order valence-electron chi connectivity index (χ2n) is 6.45. The van der Waals surface area contributed by atoms with Gasteiger partial charge in [-0.05, 0) is 30.7 Å². The van der Waals surface area contributed by atoms with Crippen molar-refractivity contribution in [1.29, 1.82) is 0 Å². The molecular formula is C21H19N5O3. The fraction of sp³-hybridized carbons (Fsp3) is 0.143. The molecule has 0 amide bonds. The summed E-state index contributed by atoms with van der Waals surface area (Å²) in [5.41, 5.74) is 2.16. The molecule has 0 unspecified atom stereocenters. The summed E-state index contributed by atoms with van der Waals surface area (Å²) >= 11 is 0. The number of carbonyl (C=O) groups is 1. The van der Waals surface area contributed by atoms with Crippen LogP contribution in [0, 0.1) is 0 Å². The van der Waals surface area contributed by atoms with E-state index in [1.165, 1.54) is 0 Å². The predicted molar refractivity (Wildman–Crippen MR) is 112 cm³/mol. The van der Waals surface area contributed by atoms with Crippen LogP contribution in [0.3, 0.4) is 0 Å². The number of nitrogens with zero attached hydrogens (tertiary/aromatic N) is 3. The molecule has 4 rings (SSSR count). The number of fused-ring (bicyclic) bond motifs is 3. The lowest BCUT2D eigenvalue weighted by molar-refractivity contribution is 0.0697. The van der Waals surface area contributed by atoms with Crippen LogP contribution in [0.2, 0.25) is 0 Å². The monoisotopic (exact) mass is 389 g/mol. The van der Waals surface area contributed by atoms with E-state index in [1.807, 2.05) is 30.3 Å². The number of aromatic nitrogens is 3. The lowest BCUT2D eigenvalue weighted by atomic mass is 10.1. The van der Waals surface area contributed by atoms with Crippen molar-refractivity contribution in [2.75, 3.05) is 23.8 Å². The van der Waals surface area contributed by atoms with Crippen LogP contribution >= 0.6 is 0 Å². The number of aromatic carboxylic acids is 1. The van der Waals surface area contributed by atoms with Gasteiger partial charge in [0.25, 0.3) is 0 Å². The number of benzene rings is 2. The summed E-state index contributed by atoms with van der Waals surface area (Å²) in [5, 5.41) is 26.2. The summed E-state index contributed by atoms with van der Waals surface area (Å²) in [6.45, 7) is 0.631. The van der Waals surface area contributed by atoms with E-state index < -0.39 is 5.97 Å². The third-order valence-electron chi connectivity index (χ3n) is 4.43. The third kappa shape index (κ3) is 3.92. The van der Waals surface area contributed by atoms with E-state index >= 15 is 0 Å². The highest BCUT2D eigenvalue weighted by Gasteiger charge is 2.14. The van der Waals surface area contributed by atoms with Crippen molar-refractivity contribution >= 4 is 45.2 Å². The number of aliphatic hydroxyl groups is 1. The van der Waals surface area contributed by atoms with Gasteiger partial charge in [0.05, 0.1) is 11.1 Å². The maximum absolute atomic E-state index is 11.4. The van der Waals surface area contributed by atoms with Gasteiger partial charge in [-0.3, -0.25) is 0 Å². The number of aliphatic hydroxyl groups excluding tert-OH is 1. The maximum Gasteiger partial charge on any atom is 0.335 e. The zero-order valence-electron chi connectivity index (χ0n) is 15.5. The summed E-state index contributed by atoms with van der Waals surface area (Å²) in [4.78, 5) is 25.0. The molecule has 4 N–H and O–H groups in total. The van der Waals surface area contributed by atoms with Gasteiger partial charge in [0.15, 0.2) is 5.82 Å². The molecule has 29 heavy (non-hydrogen) atoms. The molecule has 0 radical (unpaired) electrons. The van der Waals surface area contributed by atoms with Crippen molar-refractivity contribution in [3.05, 3.63) is 60.3 Å². The Labute approximate surface area is 166 Å². The first kappa shape index (κ1) is 18.6. The second-order valence-corrected chi connectivity index (χ2v) is 6.45. The molecule has 0 aliphatic heterocycles. The molecular weight excluding hydrogens is 370 g/mol. The molecule has 8 nitrogen and oxygen atoms in total. The number of para-hydroxylation sites is 1. The summed E-state index contributed by atoms with van der Waals surface area (Å²) in [5.74, 6) is -0.0646. The first-order chi connectivity index (χ1) is 14.2. The van der Waals surface area contributed by atoms with Gasteiger partial charge >= 0.3 is 5.97 Å². The summed E-state index contributed by atoms with van der Waals surface area (Å²) in [6.07, 6.45) is 2.29. The SMILES string of the molecule is O=C(O)c1ccc2c(c1)nc(Nc1ccccc1)c1nc(NCCCO)ncc12. The topological polar surface area (TPSA) is 120 Å². The molecule has 2 aromatic heterocycles. The molecule has 0 saturated carbocycles. The van der Waals surface area contributed by atoms with Gasteiger partial charge in [0.2, 0.25) is 5.95 Å². The second kappa shape index (κ2) is 8.07. The Morgan fingerprint density at radius 2 is 1.86 bits per heavy atom. The van der Waals surface area contributed by atoms with Gasteiger partial charge in [-0.2, -0.15) is 0 Å². The molecule has 8 heteroatoms. The molecule has 0 spiro atoms. The van der Waals surface area contributed by atoms with Crippen LogP contribution in [0.1, 0.15) is 16.8 Å². The smallest absolute Gasteiger partial charge is 0.335 e. The maximum atomic E-state index is 11.4. The minimum absolute atomic E-state index is 0.0828. The number of carboxylic acid groups (broad SMARTS) is 1. The van der Waals surface area contributed by atoms with Gasteiger partial charge in [0, 0.05) is 35.8 Å². The van der Waals surface area contributed by atoms with Crippen LogP contribution in [-0.2, 0) is 0 Å². The first-order valence-electron chi connectivity index (χ1n) is 9.16. The molecule has 0 aliphatic carbocycles. The molecule has 4 aromatic rings. The molecule has 0 fully saturated rings. The summed E-state index contributed by atoms with van der Waals surface area (Å²) < 4.78 is 0. The molecule has 0 aliphatic rings. The van der Waals surface area contributed by atoms with Crippen LogP contribution in [0.25, 0.3) is 21.8 Å². The van der Waals surface area contributed by atoms with Crippen molar-refractivity contribution in [2.24, 2.45) is 0 Å². The summed E-state index contributed by atoms with van der Waals surface area (Å²) in [7, 11) is 0. The highest BCUT2D eigenvalue weighted by molar-refractivity contribution is 6.10. The highest BCUT2D eigenvalue weighted by Crippen LogP contribution is 2.30. The average Bonchev–Trinajstić information content (AvgIpc) is 2.74. The molecule has 0 saturated heterocycles. The van der Waals surface area contributed by atoms with E-state index in [0.29, 0.717) is 35.8 Å². The Bertz CT molecular complexity index is 1180. The number of nitrogens with one attached hydrogen (secondary N) is 2. The molecule has 0 bridgehead atoms. The van der Waals surface area contributed by atoms with E-state index in [9.17, 15) is 9.90 Å². The predicted octanol–water partition coefficient (Wildman–Crippen LogP) is 3.41. The highest BCUT2D eigenvalue weighted by atomic mass is 16.4. The minimum atomic E-state index is -1.01. The Hall–Kier alpha value is -3.78. The van der Waals surface area contributed by atoms with Gasteiger partial charge in [-0.15, -0.1) is 0 Å². The van der Waals surface area contributed by atoms with Gasteiger partial charge < -0.3 is 20.8 Å². The minimum Gasteiger partial charge on any atom is -0.478 e. The zero-order valence-corrected chi connectivity index (χ0v) is 15.5. The molecule has 146 valence electrons. The molecule has 2 heterocycles. The Balaban J connectivity index is 1.88. The van der Waals surface area contributed by atoms with E-state index in [0.717, 1.165) is 16.5 Å². The quantitative estimate of drug-likeness (QED) is 0.280. The lowest BCUT2D eigenvalue weighted by Crippen LogP contribution is -2.07. The largest absolute Gasteiger partial charge is 0.478 e. The zero-order chi connectivity index (χ0) is 20.2. The van der Waals surface area contributed by atoms with E-state index in [-0.39, 0.29) is 12.2 Å². The van der Waals surface area contributed by atoms with E-state index in [2.05, 4.69) is 25.6 Å². The van der Waals surface area contributed by atoms with Crippen LogP contribution in [0.15, 0.2) is 54.7 Å². The van der Waals surface area contributed by atoms with Gasteiger partial charge in [-0.1, -0.05) is 24.3 Å². The molecule has 0 atom stereocenters. The van der Waals surface area contributed by atoms with E-state index in [1.54, 1.807) is 24.4 Å². The Morgan fingerprint density at radius 3 is 2.62 bits per heavy atom. The van der Waals surface area contributed by atoms with Crippen molar-refractivity contribution < 1.29 is 15.0 Å². The fourth-order valence-corrected chi connectivity index (χ4v) is 3.03. The number of hydrogen-bond acceptors (Lipinski definition) is 7. The Kier molecular flexibility index (Phi) is 5.17. The van der Waals surface area contributed by atoms with Crippen LogP contribution < -0.4 is 10.6 Å². The number of anilines is 3. The van der Waals surface area contributed by atoms with Crippen LogP contribution in [0.5, 0.6) is 0 Å². The fourth-order valence-electron chi connectivity index (χ4n) is 3.03. The van der Waals surface area contributed by atoms with E-state index in [4.69, 9.17) is 5.11 Å². The number of carboxylic acids is 1. The Morgan fingerprint density at radius 1 is 1.03 bits per heavy atom. The normalized spacial score (nSPS) is 10.9. The summed E-state index contributed by atoms with van der Waals surface area (Å²) in [6, 6.07) is 14.4. The van der Waals surface area contributed by atoms with Crippen molar-refractivity contribution in [3.63, 3.8) is 0 Å². The number of pyridine rings is 1. The third-order valence-corrected chi connectivity index (χ3v) is 4.43. The van der Waals surface area contributed by atoms with Crippen molar-refractivity contribution in [1.82, 2.24) is 15.0 Å². The number of rotatable bonds is 7. The van der Waals surface area contributed by atoms with Crippen LogP contribution in [-0.4, -0.2) is 44.3 Å². The number of hydrogen-bond donors (Lipinski definition) is 4. The van der Waals surface area contributed by atoms with Crippen molar-refractivity contribution in [3.8, 4) is 0 Å². The first-order valence-corrected chi connectivity index (χ1v) is 9.16. The van der Waals surface area contributed by atoms with Crippen LogP contribution in [0.4, 0.5) is 17.5 Å². The van der Waals surface area contributed by atoms with Gasteiger partial charge in [0.1, 0.15) is 5.52 Å². The molecule has 2 aromatic carbocycles. The van der Waals surface area contributed by atoms with Crippen molar-refractivity contribution in [2.45, 2.75) is 6.42 Å². The average molecular weight is 389 g/mol.